The summed E-state index contributed by atoms with van der Waals surface area (Å²) in [6, 6.07) is 11.0. The van der Waals surface area contributed by atoms with Gasteiger partial charge in [-0.25, -0.2) is 0 Å². The maximum atomic E-state index is 12.4. The van der Waals surface area contributed by atoms with E-state index in [2.05, 4.69) is 10.6 Å². The largest absolute Gasteiger partial charge is 0.326 e. The molecule has 25 heavy (non-hydrogen) atoms. The van der Waals surface area contributed by atoms with Gasteiger partial charge < -0.3 is 10.6 Å². The first-order valence-electron chi connectivity index (χ1n) is 7.48. The van der Waals surface area contributed by atoms with Crippen LogP contribution in [0.25, 0.3) is 0 Å². The Kier molecular flexibility index (Phi) is 6.13. The summed E-state index contributed by atoms with van der Waals surface area (Å²) in [6.07, 6.45) is 2.19. The van der Waals surface area contributed by atoms with Crippen LogP contribution >= 0.6 is 11.8 Å². The third kappa shape index (κ3) is 4.80. The van der Waals surface area contributed by atoms with Gasteiger partial charge in [-0.3, -0.25) is 19.7 Å². The van der Waals surface area contributed by atoms with Gasteiger partial charge in [-0.15, -0.1) is 11.8 Å². The fraction of sp³-hybridized carbons (Fsp3) is 0.176. The van der Waals surface area contributed by atoms with Gasteiger partial charge in [0.15, 0.2) is 0 Å². The molecule has 0 unspecified atom stereocenters. The topological polar surface area (TPSA) is 101 Å². The first-order valence-corrected chi connectivity index (χ1v) is 8.70. The van der Waals surface area contributed by atoms with Crippen molar-refractivity contribution in [2.75, 3.05) is 16.9 Å². The molecule has 0 radical (unpaired) electrons. The first kappa shape index (κ1) is 18.5. The quantitative estimate of drug-likeness (QED) is 0.462. The minimum Gasteiger partial charge on any atom is -0.326 e. The molecule has 0 bridgehead atoms. The Hall–Kier alpha value is -2.87. The molecule has 0 atom stereocenters. The second-order valence-corrected chi connectivity index (χ2v) is 5.95. The summed E-state index contributed by atoms with van der Waals surface area (Å²) in [4.78, 5) is 35.1. The smallest absolute Gasteiger partial charge is 0.282 e. The SMILES string of the molecule is CCC(=O)Nc1ccc(NC(=O)c2cc(SC)ccc2[N+](=O)[O-])cc1. The second kappa shape index (κ2) is 8.29. The monoisotopic (exact) mass is 359 g/mol. The summed E-state index contributed by atoms with van der Waals surface area (Å²) >= 11 is 1.39. The Morgan fingerprint density at radius 2 is 1.68 bits per heavy atom. The van der Waals surface area contributed by atoms with Crippen molar-refractivity contribution < 1.29 is 14.5 Å². The Labute approximate surface area is 149 Å². The van der Waals surface area contributed by atoms with Crippen molar-refractivity contribution in [3.05, 3.63) is 58.1 Å². The predicted molar refractivity (Wildman–Crippen MR) is 98.2 cm³/mol. The molecule has 0 heterocycles. The molecule has 8 heteroatoms. The average molecular weight is 359 g/mol. The van der Waals surface area contributed by atoms with E-state index in [4.69, 9.17) is 0 Å². The lowest BCUT2D eigenvalue weighted by Crippen LogP contribution is -2.14. The number of nitro groups is 1. The summed E-state index contributed by atoms with van der Waals surface area (Å²) in [6.45, 7) is 1.75. The van der Waals surface area contributed by atoms with E-state index in [1.54, 1.807) is 37.3 Å². The number of amides is 2. The van der Waals surface area contributed by atoms with Crippen LogP contribution in [-0.2, 0) is 4.79 Å². The zero-order valence-corrected chi connectivity index (χ0v) is 14.6. The van der Waals surface area contributed by atoms with Crippen LogP contribution in [0.4, 0.5) is 17.1 Å². The van der Waals surface area contributed by atoms with Crippen LogP contribution < -0.4 is 10.6 Å². The maximum Gasteiger partial charge on any atom is 0.282 e. The molecule has 0 aliphatic heterocycles. The van der Waals surface area contributed by atoms with Gasteiger partial charge in [0.1, 0.15) is 5.56 Å². The molecule has 0 aliphatic carbocycles. The van der Waals surface area contributed by atoms with E-state index in [-0.39, 0.29) is 17.2 Å². The Bertz CT molecular complexity index is 806. The third-order valence-electron chi connectivity index (χ3n) is 3.39. The Morgan fingerprint density at radius 1 is 1.08 bits per heavy atom. The van der Waals surface area contributed by atoms with E-state index in [1.807, 2.05) is 6.26 Å². The van der Waals surface area contributed by atoms with Gasteiger partial charge in [-0.1, -0.05) is 6.92 Å². The van der Waals surface area contributed by atoms with Crippen LogP contribution in [0.15, 0.2) is 47.4 Å². The average Bonchev–Trinajstić information content (AvgIpc) is 2.62. The highest BCUT2D eigenvalue weighted by molar-refractivity contribution is 7.98. The minimum atomic E-state index is -0.581. The van der Waals surface area contributed by atoms with Gasteiger partial charge in [-0.2, -0.15) is 0 Å². The lowest BCUT2D eigenvalue weighted by molar-refractivity contribution is -0.385. The number of hydrogen-bond acceptors (Lipinski definition) is 5. The van der Waals surface area contributed by atoms with Gasteiger partial charge >= 0.3 is 0 Å². The van der Waals surface area contributed by atoms with E-state index in [9.17, 15) is 19.7 Å². The van der Waals surface area contributed by atoms with Gasteiger partial charge in [-0.05, 0) is 42.7 Å². The molecule has 2 aromatic rings. The number of carbonyl (C=O) groups excluding carboxylic acids is 2. The van der Waals surface area contributed by atoms with Crippen LogP contribution in [0.5, 0.6) is 0 Å². The van der Waals surface area contributed by atoms with Crippen molar-refractivity contribution in [2.24, 2.45) is 0 Å². The summed E-state index contributed by atoms with van der Waals surface area (Å²) in [5, 5.41) is 16.5. The Morgan fingerprint density at radius 3 is 2.20 bits per heavy atom. The number of benzene rings is 2. The molecular formula is C17H17N3O4S. The second-order valence-electron chi connectivity index (χ2n) is 5.07. The fourth-order valence-corrected chi connectivity index (χ4v) is 2.51. The highest BCUT2D eigenvalue weighted by atomic mass is 32.2. The van der Waals surface area contributed by atoms with E-state index < -0.39 is 10.8 Å². The summed E-state index contributed by atoms with van der Waals surface area (Å²) in [7, 11) is 0. The number of hydrogen-bond donors (Lipinski definition) is 2. The van der Waals surface area contributed by atoms with Crippen LogP contribution in [0.2, 0.25) is 0 Å². The van der Waals surface area contributed by atoms with Crippen LogP contribution in [0.3, 0.4) is 0 Å². The van der Waals surface area contributed by atoms with E-state index >= 15 is 0 Å². The van der Waals surface area contributed by atoms with E-state index in [0.29, 0.717) is 17.8 Å². The zero-order valence-electron chi connectivity index (χ0n) is 13.7. The number of nitrogens with one attached hydrogen (secondary N) is 2. The molecule has 2 amide bonds. The molecule has 2 aromatic carbocycles. The number of carbonyl (C=O) groups is 2. The molecular weight excluding hydrogens is 342 g/mol. The standard InChI is InChI=1S/C17H17N3O4S/c1-3-16(21)18-11-4-6-12(7-5-11)19-17(22)14-10-13(25-2)8-9-15(14)20(23)24/h4-10H,3H2,1-2H3,(H,18,21)(H,19,22). The number of rotatable bonds is 6. The molecule has 2 rings (SSSR count). The molecule has 7 nitrogen and oxygen atoms in total. The fourth-order valence-electron chi connectivity index (χ4n) is 2.07. The van der Waals surface area contributed by atoms with E-state index in [1.165, 1.54) is 23.9 Å². The molecule has 2 N–H and O–H groups in total. The van der Waals surface area contributed by atoms with Crippen molar-refractivity contribution in [1.82, 2.24) is 0 Å². The number of anilines is 2. The molecule has 0 saturated heterocycles. The van der Waals surface area contributed by atoms with Crippen molar-refractivity contribution in [2.45, 2.75) is 18.2 Å². The van der Waals surface area contributed by atoms with Gasteiger partial charge in [0.25, 0.3) is 11.6 Å². The van der Waals surface area contributed by atoms with Gasteiger partial charge in [0.2, 0.25) is 5.91 Å². The van der Waals surface area contributed by atoms with Gasteiger partial charge in [0, 0.05) is 28.8 Å². The van der Waals surface area contributed by atoms with Crippen molar-refractivity contribution >= 4 is 40.6 Å². The summed E-state index contributed by atoms with van der Waals surface area (Å²) in [5.41, 5.74) is 0.839. The van der Waals surface area contributed by atoms with Crippen LogP contribution in [0, 0.1) is 10.1 Å². The van der Waals surface area contributed by atoms with E-state index in [0.717, 1.165) is 4.90 Å². The lowest BCUT2D eigenvalue weighted by Gasteiger charge is -2.08. The maximum absolute atomic E-state index is 12.4. The predicted octanol–water partition coefficient (Wildman–Crippen LogP) is 3.92. The molecule has 0 fully saturated rings. The minimum absolute atomic E-state index is 0.000197. The van der Waals surface area contributed by atoms with Crippen molar-refractivity contribution in [1.29, 1.82) is 0 Å². The number of thioether (sulfide) groups is 1. The molecule has 0 aromatic heterocycles. The molecule has 0 aliphatic rings. The van der Waals surface area contributed by atoms with Crippen molar-refractivity contribution in [3.63, 3.8) is 0 Å². The van der Waals surface area contributed by atoms with Gasteiger partial charge in [0.05, 0.1) is 4.92 Å². The van der Waals surface area contributed by atoms with Crippen LogP contribution in [-0.4, -0.2) is 23.0 Å². The number of nitro benzene ring substituents is 1. The first-order chi connectivity index (χ1) is 11.9. The highest BCUT2D eigenvalue weighted by Gasteiger charge is 2.20. The molecule has 0 saturated carbocycles. The lowest BCUT2D eigenvalue weighted by atomic mass is 10.1. The van der Waals surface area contributed by atoms with Crippen LogP contribution in [0.1, 0.15) is 23.7 Å². The van der Waals surface area contributed by atoms with Crippen molar-refractivity contribution in [3.8, 4) is 0 Å². The summed E-state index contributed by atoms with van der Waals surface area (Å²) in [5.74, 6) is -0.672. The molecule has 130 valence electrons. The highest BCUT2D eigenvalue weighted by Crippen LogP contribution is 2.26. The summed E-state index contributed by atoms with van der Waals surface area (Å²) < 4.78 is 0. The Balaban J connectivity index is 2.19. The zero-order chi connectivity index (χ0) is 18.4. The molecule has 0 spiro atoms. The third-order valence-corrected chi connectivity index (χ3v) is 4.12. The number of nitrogens with zero attached hydrogens (tertiary/aromatic N) is 1. The normalized spacial score (nSPS) is 10.2.